The molecule has 0 N–H and O–H groups in total. The largest absolute Gasteiger partial charge is 0.297 e. The number of carbonyl (C=O) groups excluding carboxylic acids is 1. The molecule has 0 saturated carbocycles. The second-order valence-corrected chi connectivity index (χ2v) is 4.71. The second-order valence-electron chi connectivity index (χ2n) is 4.71. The molecule has 0 aliphatic rings. The second kappa shape index (κ2) is 5.45. The van der Waals surface area contributed by atoms with E-state index in [2.05, 4.69) is 18.9 Å². The Kier molecular flexibility index (Phi) is 4.46. The SMILES string of the molecule is CCC(CC)(C(=O)Cc1ccn(C)n1)N(C)C. The van der Waals surface area contributed by atoms with Gasteiger partial charge in [-0.2, -0.15) is 5.10 Å². The molecule has 0 unspecified atom stereocenters. The first-order valence-corrected chi connectivity index (χ1v) is 6.15. The van der Waals surface area contributed by atoms with Gasteiger partial charge in [-0.15, -0.1) is 0 Å². The number of nitrogens with zero attached hydrogens (tertiary/aromatic N) is 3. The summed E-state index contributed by atoms with van der Waals surface area (Å²) in [7, 11) is 5.82. The number of hydrogen-bond acceptors (Lipinski definition) is 3. The molecule has 0 radical (unpaired) electrons. The van der Waals surface area contributed by atoms with Crippen LogP contribution in [-0.2, 0) is 18.3 Å². The molecule has 0 bridgehead atoms. The van der Waals surface area contributed by atoms with Gasteiger partial charge in [0.15, 0.2) is 5.78 Å². The molecule has 0 fully saturated rings. The highest BCUT2D eigenvalue weighted by Crippen LogP contribution is 2.24. The fraction of sp³-hybridized carbons (Fsp3) is 0.692. The van der Waals surface area contributed by atoms with Crippen LogP contribution in [0.15, 0.2) is 12.3 Å². The summed E-state index contributed by atoms with van der Waals surface area (Å²) >= 11 is 0. The monoisotopic (exact) mass is 237 g/mol. The molecule has 0 aromatic carbocycles. The number of ketones is 1. The van der Waals surface area contributed by atoms with Gasteiger partial charge in [-0.25, -0.2) is 0 Å². The van der Waals surface area contributed by atoms with Gasteiger partial charge in [-0.3, -0.25) is 14.4 Å². The van der Waals surface area contributed by atoms with E-state index in [0.29, 0.717) is 6.42 Å². The van der Waals surface area contributed by atoms with Gasteiger partial charge in [0.1, 0.15) is 0 Å². The number of aryl methyl sites for hydroxylation is 1. The molecule has 96 valence electrons. The highest BCUT2D eigenvalue weighted by molar-refractivity contribution is 5.89. The fourth-order valence-electron chi connectivity index (χ4n) is 2.41. The van der Waals surface area contributed by atoms with Gasteiger partial charge >= 0.3 is 0 Å². The Hall–Kier alpha value is -1.16. The summed E-state index contributed by atoms with van der Waals surface area (Å²) in [4.78, 5) is 14.5. The molecule has 4 nitrogen and oxygen atoms in total. The first-order chi connectivity index (χ1) is 7.96. The molecule has 1 aromatic rings. The van der Waals surface area contributed by atoms with Crippen molar-refractivity contribution in [3.8, 4) is 0 Å². The molecule has 0 saturated heterocycles. The van der Waals surface area contributed by atoms with Crippen LogP contribution >= 0.6 is 0 Å². The first-order valence-electron chi connectivity index (χ1n) is 6.15. The number of hydrogen-bond donors (Lipinski definition) is 0. The van der Waals surface area contributed by atoms with E-state index in [1.165, 1.54) is 0 Å². The van der Waals surface area contributed by atoms with Gasteiger partial charge in [-0.1, -0.05) is 13.8 Å². The molecule has 0 amide bonds. The third-order valence-corrected chi connectivity index (χ3v) is 3.66. The van der Waals surface area contributed by atoms with E-state index >= 15 is 0 Å². The van der Waals surface area contributed by atoms with Crippen LogP contribution in [0.5, 0.6) is 0 Å². The molecule has 0 atom stereocenters. The molecular formula is C13H23N3O. The summed E-state index contributed by atoms with van der Waals surface area (Å²) in [5.41, 5.74) is 0.503. The number of likely N-dealkylation sites (N-methyl/N-ethyl adjacent to an activating group) is 1. The molecule has 17 heavy (non-hydrogen) atoms. The number of aromatic nitrogens is 2. The van der Waals surface area contributed by atoms with E-state index in [9.17, 15) is 4.79 Å². The van der Waals surface area contributed by atoms with Crippen molar-refractivity contribution in [3.63, 3.8) is 0 Å². The summed E-state index contributed by atoms with van der Waals surface area (Å²) in [6.07, 6.45) is 3.96. The third-order valence-electron chi connectivity index (χ3n) is 3.66. The first kappa shape index (κ1) is 13.9. The highest BCUT2D eigenvalue weighted by atomic mass is 16.1. The Labute approximate surface area is 104 Å². The number of Topliss-reactive ketones (excluding diaryl/α,β-unsaturated/α-hetero) is 1. The maximum atomic E-state index is 12.5. The van der Waals surface area contributed by atoms with Crippen LogP contribution in [-0.4, -0.2) is 40.1 Å². The average molecular weight is 237 g/mol. The van der Waals surface area contributed by atoms with E-state index in [4.69, 9.17) is 0 Å². The minimum absolute atomic E-state index is 0.256. The van der Waals surface area contributed by atoms with Gasteiger partial charge in [-0.05, 0) is 33.0 Å². The lowest BCUT2D eigenvalue weighted by atomic mass is 9.84. The van der Waals surface area contributed by atoms with Crippen molar-refractivity contribution in [1.29, 1.82) is 0 Å². The molecular weight excluding hydrogens is 214 g/mol. The van der Waals surface area contributed by atoms with Crippen LogP contribution in [0.1, 0.15) is 32.4 Å². The molecule has 1 heterocycles. The maximum absolute atomic E-state index is 12.5. The topological polar surface area (TPSA) is 38.1 Å². The Morgan fingerprint density at radius 1 is 1.41 bits per heavy atom. The van der Waals surface area contributed by atoms with Crippen molar-refractivity contribution in [2.24, 2.45) is 7.05 Å². The van der Waals surface area contributed by atoms with Gasteiger partial charge in [0.05, 0.1) is 17.7 Å². The van der Waals surface area contributed by atoms with Crippen molar-refractivity contribution >= 4 is 5.78 Å². The van der Waals surface area contributed by atoms with E-state index < -0.39 is 0 Å². The number of rotatable bonds is 6. The van der Waals surface area contributed by atoms with E-state index in [1.54, 1.807) is 4.68 Å². The zero-order valence-corrected chi connectivity index (χ0v) is 11.5. The third kappa shape index (κ3) is 2.75. The van der Waals surface area contributed by atoms with Crippen LogP contribution < -0.4 is 0 Å². The smallest absolute Gasteiger partial charge is 0.159 e. The summed E-state index contributed by atoms with van der Waals surface area (Å²) in [6, 6.07) is 1.91. The summed E-state index contributed by atoms with van der Waals surface area (Å²) < 4.78 is 1.73. The Morgan fingerprint density at radius 3 is 2.35 bits per heavy atom. The minimum Gasteiger partial charge on any atom is -0.297 e. The van der Waals surface area contributed by atoms with Crippen molar-refractivity contribution in [1.82, 2.24) is 14.7 Å². The van der Waals surface area contributed by atoms with Gasteiger partial charge < -0.3 is 0 Å². The quantitative estimate of drug-likeness (QED) is 0.755. The molecule has 0 aliphatic heterocycles. The van der Waals surface area contributed by atoms with Crippen LogP contribution in [0.3, 0.4) is 0 Å². The van der Waals surface area contributed by atoms with E-state index in [-0.39, 0.29) is 11.3 Å². The van der Waals surface area contributed by atoms with Crippen molar-refractivity contribution < 1.29 is 4.79 Å². The number of carbonyl (C=O) groups is 1. The fourth-order valence-corrected chi connectivity index (χ4v) is 2.41. The van der Waals surface area contributed by atoms with Crippen LogP contribution in [0.2, 0.25) is 0 Å². The van der Waals surface area contributed by atoms with Crippen molar-refractivity contribution in [2.75, 3.05) is 14.1 Å². The summed E-state index contributed by atoms with van der Waals surface area (Å²) in [5, 5.41) is 4.27. The van der Waals surface area contributed by atoms with Crippen molar-refractivity contribution in [3.05, 3.63) is 18.0 Å². The van der Waals surface area contributed by atoms with Gasteiger partial charge in [0.2, 0.25) is 0 Å². The Bertz CT molecular complexity index is 378. The predicted molar refractivity (Wildman–Crippen MR) is 68.9 cm³/mol. The van der Waals surface area contributed by atoms with Crippen LogP contribution in [0, 0.1) is 0 Å². The maximum Gasteiger partial charge on any atom is 0.159 e. The lowest BCUT2D eigenvalue weighted by Gasteiger charge is -2.36. The predicted octanol–water partition coefficient (Wildman–Crippen LogP) is 1.65. The highest BCUT2D eigenvalue weighted by Gasteiger charge is 2.36. The normalized spacial score (nSPS) is 12.1. The minimum atomic E-state index is -0.350. The lowest BCUT2D eigenvalue weighted by Crippen LogP contribution is -2.51. The molecule has 1 aromatic heterocycles. The molecule has 4 heteroatoms. The van der Waals surface area contributed by atoms with Crippen LogP contribution in [0.25, 0.3) is 0 Å². The van der Waals surface area contributed by atoms with E-state index in [0.717, 1.165) is 18.5 Å². The molecule has 0 aliphatic carbocycles. The summed E-state index contributed by atoms with van der Waals surface area (Å²) in [5.74, 6) is 0.256. The summed E-state index contributed by atoms with van der Waals surface area (Å²) in [6.45, 7) is 4.14. The van der Waals surface area contributed by atoms with Gasteiger partial charge in [0, 0.05) is 13.2 Å². The van der Waals surface area contributed by atoms with Crippen LogP contribution in [0.4, 0.5) is 0 Å². The van der Waals surface area contributed by atoms with Gasteiger partial charge in [0.25, 0.3) is 0 Å². The Morgan fingerprint density at radius 2 is 2.00 bits per heavy atom. The molecule has 0 spiro atoms. The zero-order valence-electron chi connectivity index (χ0n) is 11.5. The van der Waals surface area contributed by atoms with E-state index in [1.807, 2.05) is 38.3 Å². The standard InChI is InChI=1S/C13H23N3O/c1-6-13(7-2,15(3)4)12(17)10-11-8-9-16(5)14-11/h8-9H,6-7,10H2,1-5H3. The average Bonchev–Trinajstić information content (AvgIpc) is 2.66. The zero-order chi connectivity index (χ0) is 13.1. The Balaban J connectivity index is 2.86. The van der Waals surface area contributed by atoms with Crippen molar-refractivity contribution in [2.45, 2.75) is 38.6 Å². The lowest BCUT2D eigenvalue weighted by molar-refractivity contribution is -0.129. The molecule has 1 rings (SSSR count).